The normalized spacial score (nSPS) is 13.3. The number of benzene rings is 1. The molecule has 2 aromatic rings. The summed E-state index contributed by atoms with van der Waals surface area (Å²) in [6, 6.07) is 3.89. The van der Waals surface area contributed by atoms with E-state index in [2.05, 4.69) is 15.3 Å². The van der Waals surface area contributed by atoms with Gasteiger partial charge in [0.25, 0.3) is 0 Å². The minimum Gasteiger partial charge on any atom is -0.493 e. The molecule has 2 N–H and O–H groups in total. The zero-order valence-electron chi connectivity index (χ0n) is 9.70. The number of H-pyrrole nitrogens is 1. The minimum absolute atomic E-state index is 0.605. The molecule has 0 spiro atoms. The van der Waals surface area contributed by atoms with Crippen LogP contribution in [0.15, 0.2) is 17.1 Å². The molecule has 5 heteroatoms. The van der Waals surface area contributed by atoms with Crippen LogP contribution in [-0.2, 0) is 0 Å². The van der Waals surface area contributed by atoms with Crippen molar-refractivity contribution >= 4 is 22.9 Å². The van der Waals surface area contributed by atoms with Gasteiger partial charge in [-0.1, -0.05) is 0 Å². The predicted octanol–water partition coefficient (Wildman–Crippen LogP) is 1.99. The lowest BCUT2D eigenvalue weighted by Gasteiger charge is -2.08. The molecule has 1 aromatic heterocycles. The SMILES string of the molecule is COc1cc2[nH]c3c(c2cc1OC)C=NCN3. The minimum atomic E-state index is 0.605. The van der Waals surface area contributed by atoms with Crippen LogP contribution in [-0.4, -0.2) is 32.1 Å². The van der Waals surface area contributed by atoms with Crippen molar-refractivity contribution in [1.82, 2.24) is 4.98 Å². The molecule has 1 aromatic carbocycles. The van der Waals surface area contributed by atoms with Gasteiger partial charge in [0, 0.05) is 23.2 Å². The van der Waals surface area contributed by atoms with Gasteiger partial charge in [-0.25, -0.2) is 0 Å². The Bertz CT molecular complexity index is 601. The highest BCUT2D eigenvalue weighted by Crippen LogP contribution is 2.35. The van der Waals surface area contributed by atoms with E-state index in [0.29, 0.717) is 6.67 Å². The number of hydrogen-bond acceptors (Lipinski definition) is 4. The first kappa shape index (κ1) is 10.0. The van der Waals surface area contributed by atoms with E-state index in [4.69, 9.17) is 9.47 Å². The lowest BCUT2D eigenvalue weighted by atomic mass is 10.1. The third-order valence-corrected chi connectivity index (χ3v) is 2.91. The molecule has 1 aliphatic rings. The van der Waals surface area contributed by atoms with Crippen molar-refractivity contribution in [3.63, 3.8) is 0 Å². The second kappa shape index (κ2) is 3.69. The van der Waals surface area contributed by atoms with Crippen LogP contribution in [0, 0.1) is 0 Å². The zero-order chi connectivity index (χ0) is 11.8. The number of fused-ring (bicyclic) bond motifs is 3. The van der Waals surface area contributed by atoms with Gasteiger partial charge in [0.15, 0.2) is 11.5 Å². The smallest absolute Gasteiger partial charge is 0.162 e. The lowest BCUT2D eigenvalue weighted by molar-refractivity contribution is 0.356. The molecule has 0 bridgehead atoms. The predicted molar refractivity (Wildman–Crippen MR) is 67.5 cm³/mol. The molecule has 0 saturated heterocycles. The van der Waals surface area contributed by atoms with Crippen molar-refractivity contribution in [2.24, 2.45) is 4.99 Å². The maximum absolute atomic E-state index is 5.30. The maximum Gasteiger partial charge on any atom is 0.162 e. The Kier molecular flexibility index (Phi) is 2.18. The number of nitrogens with one attached hydrogen (secondary N) is 2. The number of methoxy groups -OCH3 is 2. The van der Waals surface area contributed by atoms with Gasteiger partial charge in [0.1, 0.15) is 12.5 Å². The third kappa shape index (κ3) is 1.43. The number of aromatic nitrogens is 1. The Morgan fingerprint density at radius 2 is 1.94 bits per heavy atom. The monoisotopic (exact) mass is 231 g/mol. The highest BCUT2D eigenvalue weighted by atomic mass is 16.5. The summed E-state index contributed by atoms with van der Waals surface area (Å²) in [7, 11) is 3.27. The molecule has 0 saturated carbocycles. The van der Waals surface area contributed by atoms with Crippen LogP contribution in [0.1, 0.15) is 5.56 Å². The van der Waals surface area contributed by atoms with Gasteiger partial charge in [-0.3, -0.25) is 4.99 Å². The van der Waals surface area contributed by atoms with Gasteiger partial charge >= 0.3 is 0 Å². The van der Waals surface area contributed by atoms with Crippen LogP contribution in [0.3, 0.4) is 0 Å². The topological polar surface area (TPSA) is 58.6 Å². The van der Waals surface area contributed by atoms with Crippen LogP contribution in [0.2, 0.25) is 0 Å². The second-order valence-corrected chi connectivity index (χ2v) is 3.81. The van der Waals surface area contributed by atoms with E-state index >= 15 is 0 Å². The number of rotatable bonds is 2. The van der Waals surface area contributed by atoms with Crippen LogP contribution in [0.4, 0.5) is 5.82 Å². The summed E-state index contributed by atoms with van der Waals surface area (Å²) < 4.78 is 10.6. The lowest BCUT2D eigenvalue weighted by Crippen LogP contribution is -2.06. The third-order valence-electron chi connectivity index (χ3n) is 2.91. The highest BCUT2D eigenvalue weighted by Gasteiger charge is 2.15. The van der Waals surface area contributed by atoms with Gasteiger partial charge in [0.05, 0.1) is 19.7 Å². The first-order chi connectivity index (χ1) is 8.33. The fourth-order valence-corrected chi connectivity index (χ4v) is 2.08. The molecule has 0 fully saturated rings. The summed E-state index contributed by atoms with van der Waals surface area (Å²) in [5.74, 6) is 2.43. The molecule has 0 atom stereocenters. The van der Waals surface area contributed by atoms with Crippen LogP contribution < -0.4 is 14.8 Å². The van der Waals surface area contributed by atoms with Gasteiger partial charge in [-0.2, -0.15) is 0 Å². The van der Waals surface area contributed by atoms with Crippen molar-refractivity contribution in [3.05, 3.63) is 17.7 Å². The van der Waals surface area contributed by atoms with Crippen molar-refractivity contribution in [2.45, 2.75) is 0 Å². The van der Waals surface area contributed by atoms with Gasteiger partial charge in [-0.05, 0) is 6.07 Å². The molecule has 0 aliphatic carbocycles. The second-order valence-electron chi connectivity index (χ2n) is 3.81. The summed E-state index contributed by atoms with van der Waals surface area (Å²) in [5, 5.41) is 4.27. The Morgan fingerprint density at radius 1 is 1.18 bits per heavy atom. The number of ether oxygens (including phenoxy) is 2. The van der Waals surface area contributed by atoms with E-state index in [1.165, 1.54) is 0 Å². The molecule has 17 heavy (non-hydrogen) atoms. The van der Waals surface area contributed by atoms with E-state index in [9.17, 15) is 0 Å². The molecular weight excluding hydrogens is 218 g/mol. The van der Waals surface area contributed by atoms with Crippen molar-refractivity contribution in [3.8, 4) is 11.5 Å². The van der Waals surface area contributed by atoms with Gasteiger partial charge in [-0.15, -0.1) is 0 Å². The summed E-state index contributed by atoms with van der Waals surface area (Å²) >= 11 is 0. The van der Waals surface area contributed by atoms with Crippen molar-refractivity contribution in [2.75, 3.05) is 26.2 Å². The fourth-order valence-electron chi connectivity index (χ4n) is 2.08. The van der Waals surface area contributed by atoms with E-state index in [-0.39, 0.29) is 0 Å². The van der Waals surface area contributed by atoms with E-state index in [1.807, 2.05) is 18.3 Å². The summed E-state index contributed by atoms with van der Waals surface area (Å²) in [5.41, 5.74) is 2.07. The molecule has 88 valence electrons. The average Bonchev–Trinajstić information content (AvgIpc) is 2.74. The number of aliphatic imine (C=N–C) groups is 1. The highest BCUT2D eigenvalue weighted by molar-refractivity contribution is 6.06. The fraction of sp³-hybridized carbons (Fsp3) is 0.250. The van der Waals surface area contributed by atoms with Crippen molar-refractivity contribution in [1.29, 1.82) is 0 Å². The number of nitrogens with zero attached hydrogens (tertiary/aromatic N) is 1. The summed E-state index contributed by atoms with van der Waals surface area (Å²) in [6.45, 7) is 0.605. The Balaban J connectivity index is 2.29. The maximum atomic E-state index is 5.30. The van der Waals surface area contributed by atoms with Gasteiger partial charge < -0.3 is 19.8 Å². The molecule has 0 unspecified atom stereocenters. The Labute approximate surface area is 98.4 Å². The molecule has 2 heterocycles. The standard InChI is InChI=1S/C12H13N3O2/c1-16-10-3-7-8-5-13-6-14-12(8)15-9(7)4-11(10)17-2/h3-5,14-15H,6H2,1-2H3. The first-order valence-electron chi connectivity index (χ1n) is 5.35. The molecule has 0 amide bonds. The molecule has 3 rings (SSSR count). The first-order valence-corrected chi connectivity index (χ1v) is 5.35. The molecule has 1 aliphatic heterocycles. The number of hydrogen-bond donors (Lipinski definition) is 2. The average molecular weight is 231 g/mol. The Morgan fingerprint density at radius 3 is 2.71 bits per heavy atom. The van der Waals surface area contributed by atoms with Gasteiger partial charge in [0.2, 0.25) is 0 Å². The molecule has 0 radical (unpaired) electrons. The Hall–Kier alpha value is -2.17. The quantitative estimate of drug-likeness (QED) is 0.831. The number of anilines is 1. The van der Waals surface area contributed by atoms with Crippen LogP contribution in [0.5, 0.6) is 11.5 Å². The molecule has 5 nitrogen and oxygen atoms in total. The zero-order valence-corrected chi connectivity index (χ0v) is 9.70. The van der Waals surface area contributed by atoms with Crippen molar-refractivity contribution < 1.29 is 9.47 Å². The van der Waals surface area contributed by atoms with E-state index < -0.39 is 0 Å². The largest absolute Gasteiger partial charge is 0.493 e. The summed E-state index contributed by atoms with van der Waals surface area (Å²) in [6.07, 6.45) is 1.87. The van der Waals surface area contributed by atoms with Crippen LogP contribution >= 0.6 is 0 Å². The number of aromatic amines is 1. The van der Waals surface area contributed by atoms with E-state index in [1.54, 1.807) is 14.2 Å². The van der Waals surface area contributed by atoms with E-state index in [0.717, 1.165) is 33.8 Å². The molecular formula is C12H13N3O2. The summed E-state index contributed by atoms with van der Waals surface area (Å²) in [4.78, 5) is 7.51. The van der Waals surface area contributed by atoms with Crippen LogP contribution in [0.25, 0.3) is 10.9 Å².